The van der Waals surface area contributed by atoms with Crippen LogP contribution in [0.1, 0.15) is 24.5 Å². The van der Waals surface area contributed by atoms with E-state index in [-0.39, 0.29) is 5.69 Å². The summed E-state index contributed by atoms with van der Waals surface area (Å²) in [5.74, 6) is -0.114. The lowest BCUT2D eigenvalue weighted by Crippen LogP contribution is -2.32. The highest BCUT2D eigenvalue weighted by atomic mass is 35.5. The van der Waals surface area contributed by atoms with Crippen molar-refractivity contribution < 1.29 is 22.7 Å². The van der Waals surface area contributed by atoms with Crippen LogP contribution in [0.2, 0.25) is 10.0 Å². The zero-order valence-electron chi connectivity index (χ0n) is 14.0. The van der Waals surface area contributed by atoms with Crippen molar-refractivity contribution in [2.45, 2.75) is 32.5 Å². The Hall–Kier alpha value is -1.92. The van der Waals surface area contributed by atoms with Crippen LogP contribution in [-0.4, -0.2) is 12.0 Å². The van der Waals surface area contributed by atoms with E-state index in [1.165, 1.54) is 6.07 Å². The number of carbonyl (C=O) groups is 1. The van der Waals surface area contributed by atoms with Crippen molar-refractivity contribution in [3.05, 3.63) is 57.6 Å². The average molecular weight is 406 g/mol. The van der Waals surface area contributed by atoms with E-state index in [0.717, 1.165) is 17.7 Å². The molecule has 0 aliphatic rings. The predicted octanol–water partition coefficient (Wildman–Crippen LogP) is 6.12. The molecule has 0 bridgehead atoms. The highest BCUT2D eigenvalue weighted by molar-refractivity contribution is 6.31. The Bertz CT molecular complexity index is 810. The predicted molar refractivity (Wildman–Crippen MR) is 96.0 cm³/mol. The number of nitrogens with one attached hydrogen (secondary N) is 1. The summed E-state index contributed by atoms with van der Waals surface area (Å²) in [4.78, 5) is 12.4. The minimum Gasteiger partial charge on any atom is -0.481 e. The smallest absolute Gasteiger partial charge is 0.417 e. The lowest BCUT2D eigenvalue weighted by molar-refractivity contribution is -0.137. The van der Waals surface area contributed by atoms with Crippen LogP contribution in [0.4, 0.5) is 18.9 Å². The highest BCUT2D eigenvalue weighted by Crippen LogP contribution is 2.36. The Balaban J connectivity index is 2.15. The fraction of sp³-hybridized carbons (Fsp3) is 0.278. The van der Waals surface area contributed by atoms with Gasteiger partial charge in [-0.25, -0.2) is 0 Å². The molecule has 2 rings (SSSR count). The molecule has 8 heteroatoms. The van der Waals surface area contributed by atoms with Gasteiger partial charge in [0.15, 0.2) is 6.10 Å². The fourth-order valence-electron chi connectivity index (χ4n) is 2.22. The molecule has 3 nitrogen and oxygen atoms in total. The van der Waals surface area contributed by atoms with Gasteiger partial charge >= 0.3 is 6.18 Å². The summed E-state index contributed by atoms with van der Waals surface area (Å²) in [5, 5.41) is 2.56. The Kier molecular flexibility index (Phi) is 6.42. The van der Waals surface area contributed by atoms with Crippen molar-refractivity contribution in [2.75, 3.05) is 5.32 Å². The molecule has 0 heterocycles. The van der Waals surface area contributed by atoms with Gasteiger partial charge in [-0.05, 0) is 55.3 Å². The maximum Gasteiger partial charge on any atom is 0.417 e. The number of amides is 1. The molecule has 0 saturated heterocycles. The summed E-state index contributed by atoms with van der Waals surface area (Å²) in [5.41, 5.74) is -0.243. The van der Waals surface area contributed by atoms with E-state index in [9.17, 15) is 18.0 Å². The number of anilines is 1. The summed E-state index contributed by atoms with van der Waals surface area (Å²) in [6.07, 6.45) is -5.16. The molecular formula is C18H16Cl2F3NO2. The Morgan fingerprint density at radius 1 is 1.15 bits per heavy atom. The first kappa shape index (κ1) is 20.4. The maximum absolute atomic E-state index is 12.9. The first-order valence-corrected chi connectivity index (χ1v) is 8.47. The number of rotatable bonds is 5. The molecule has 0 radical (unpaired) electrons. The monoisotopic (exact) mass is 405 g/mol. The molecule has 1 unspecified atom stereocenters. The highest BCUT2D eigenvalue weighted by Gasteiger charge is 2.33. The van der Waals surface area contributed by atoms with Gasteiger partial charge in [-0.15, -0.1) is 0 Å². The number of aryl methyl sites for hydroxylation is 1. The number of alkyl halides is 3. The largest absolute Gasteiger partial charge is 0.481 e. The number of ether oxygens (including phenoxy) is 1. The lowest BCUT2D eigenvalue weighted by atomic mass is 10.1. The van der Waals surface area contributed by atoms with E-state index >= 15 is 0 Å². The van der Waals surface area contributed by atoms with Gasteiger partial charge < -0.3 is 10.1 Å². The number of hydrogen-bond acceptors (Lipinski definition) is 2. The van der Waals surface area contributed by atoms with Crippen LogP contribution in [-0.2, 0) is 11.0 Å². The molecule has 0 aliphatic carbocycles. The van der Waals surface area contributed by atoms with E-state index < -0.39 is 28.8 Å². The third kappa shape index (κ3) is 5.05. The van der Waals surface area contributed by atoms with Crippen molar-refractivity contribution in [1.29, 1.82) is 0 Å². The van der Waals surface area contributed by atoms with Crippen molar-refractivity contribution in [3.63, 3.8) is 0 Å². The molecule has 0 spiro atoms. The van der Waals surface area contributed by atoms with Crippen LogP contribution in [0.15, 0.2) is 36.4 Å². The molecule has 2 aromatic rings. The molecule has 1 atom stereocenters. The number of hydrogen-bond donors (Lipinski definition) is 1. The van der Waals surface area contributed by atoms with Crippen LogP contribution in [0, 0.1) is 6.92 Å². The van der Waals surface area contributed by atoms with E-state index in [0.29, 0.717) is 17.2 Å². The van der Waals surface area contributed by atoms with Crippen molar-refractivity contribution in [1.82, 2.24) is 0 Å². The van der Waals surface area contributed by atoms with Gasteiger partial charge in [0.25, 0.3) is 5.91 Å². The number of carbonyl (C=O) groups excluding carboxylic acids is 1. The lowest BCUT2D eigenvalue weighted by Gasteiger charge is -2.18. The second-order valence-corrected chi connectivity index (χ2v) is 6.42. The fourth-order valence-corrected chi connectivity index (χ4v) is 2.56. The van der Waals surface area contributed by atoms with Crippen molar-refractivity contribution in [3.8, 4) is 5.75 Å². The van der Waals surface area contributed by atoms with Crippen LogP contribution < -0.4 is 10.1 Å². The van der Waals surface area contributed by atoms with Gasteiger partial charge in [-0.1, -0.05) is 30.1 Å². The van der Waals surface area contributed by atoms with E-state index in [2.05, 4.69) is 5.32 Å². The topological polar surface area (TPSA) is 38.3 Å². The molecule has 0 aliphatic heterocycles. The molecular weight excluding hydrogens is 390 g/mol. The van der Waals surface area contributed by atoms with Crippen molar-refractivity contribution >= 4 is 34.8 Å². The van der Waals surface area contributed by atoms with Crippen LogP contribution >= 0.6 is 23.2 Å². The third-order valence-corrected chi connectivity index (χ3v) is 4.36. The average Bonchev–Trinajstić information content (AvgIpc) is 2.56. The number of halogens is 5. The van der Waals surface area contributed by atoms with Gasteiger partial charge in [-0.3, -0.25) is 4.79 Å². The summed E-state index contributed by atoms with van der Waals surface area (Å²) >= 11 is 11.5. The second kappa shape index (κ2) is 8.18. The Morgan fingerprint density at radius 2 is 1.81 bits per heavy atom. The molecule has 26 heavy (non-hydrogen) atoms. The summed E-state index contributed by atoms with van der Waals surface area (Å²) < 4.78 is 44.4. The van der Waals surface area contributed by atoms with Gasteiger partial charge in [0.05, 0.1) is 10.6 Å². The minimum absolute atomic E-state index is 0.0129. The Labute approximate surface area is 159 Å². The third-order valence-electron chi connectivity index (χ3n) is 3.61. The van der Waals surface area contributed by atoms with Gasteiger partial charge in [-0.2, -0.15) is 13.2 Å². The van der Waals surface area contributed by atoms with Gasteiger partial charge in [0, 0.05) is 10.7 Å². The molecule has 1 amide bonds. The Morgan fingerprint density at radius 3 is 2.38 bits per heavy atom. The maximum atomic E-state index is 12.9. The summed E-state index contributed by atoms with van der Waals surface area (Å²) in [6, 6.07) is 8.13. The molecule has 1 N–H and O–H groups in total. The van der Waals surface area contributed by atoms with Crippen LogP contribution in [0.5, 0.6) is 5.75 Å². The van der Waals surface area contributed by atoms with E-state index in [1.54, 1.807) is 32.0 Å². The quantitative estimate of drug-likeness (QED) is 0.650. The van der Waals surface area contributed by atoms with Gasteiger partial charge in [0.1, 0.15) is 5.75 Å². The zero-order chi connectivity index (χ0) is 19.5. The number of benzene rings is 2. The molecule has 2 aromatic carbocycles. The molecule has 0 fully saturated rings. The zero-order valence-corrected chi connectivity index (χ0v) is 15.5. The first-order valence-electron chi connectivity index (χ1n) is 7.72. The van der Waals surface area contributed by atoms with Gasteiger partial charge in [0.2, 0.25) is 0 Å². The van der Waals surface area contributed by atoms with Crippen LogP contribution in [0.25, 0.3) is 0 Å². The molecule has 0 saturated carbocycles. The standard InChI is InChI=1S/C18H16Cl2F3NO2/c1-3-16(26-12-5-7-14(19)10(2)8-12)17(25)24-11-4-6-15(20)13(9-11)18(21,22)23/h4-9,16H,3H2,1-2H3,(H,24,25). The molecule has 0 aromatic heterocycles. The summed E-state index contributed by atoms with van der Waals surface area (Å²) in [6.45, 7) is 3.53. The minimum atomic E-state index is -4.61. The van der Waals surface area contributed by atoms with Crippen molar-refractivity contribution in [2.24, 2.45) is 0 Å². The van der Waals surface area contributed by atoms with Crippen LogP contribution in [0.3, 0.4) is 0 Å². The summed E-state index contributed by atoms with van der Waals surface area (Å²) in [7, 11) is 0. The SMILES string of the molecule is CCC(Oc1ccc(Cl)c(C)c1)C(=O)Nc1ccc(Cl)c(C(F)(F)F)c1. The molecule has 140 valence electrons. The second-order valence-electron chi connectivity index (χ2n) is 5.61. The van der Waals surface area contributed by atoms with E-state index in [1.807, 2.05) is 0 Å². The normalized spacial score (nSPS) is 12.6. The first-order chi connectivity index (χ1) is 12.1. The van der Waals surface area contributed by atoms with E-state index in [4.69, 9.17) is 27.9 Å².